The third-order valence-electron chi connectivity index (χ3n) is 6.39. The number of likely N-dealkylation sites (tertiary alicyclic amines) is 1. The third-order valence-corrected chi connectivity index (χ3v) is 6.39. The van der Waals surface area contributed by atoms with Crippen LogP contribution in [-0.2, 0) is 10.5 Å². The summed E-state index contributed by atoms with van der Waals surface area (Å²) in [5.74, 6) is -1.00. The van der Waals surface area contributed by atoms with Gasteiger partial charge >= 0.3 is 0 Å². The van der Waals surface area contributed by atoms with Gasteiger partial charge in [0.15, 0.2) is 0 Å². The molecule has 1 amide bonds. The first-order valence-electron chi connectivity index (χ1n) is 10.9. The predicted molar refractivity (Wildman–Crippen MR) is 119 cm³/mol. The van der Waals surface area contributed by atoms with E-state index in [4.69, 9.17) is 0 Å². The molecule has 1 aliphatic rings. The minimum Gasteiger partial charge on any atom is -0.378 e. The van der Waals surface area contributed by atoms with Crippen molar-refractivity contribution in [1.29, 1.82) is 0 Å². The van der Waals surface area contributed by atoms with Crippen molar-refractivity contribution in [3.05, 3.63) is 71.2 Å². The van der Waals surface area contributed by atoms with Gasteiger partial charge in [0.05, 0.1) is 17.1 Å². The van der Waals surface area contributed by atoms with Crippen LogP contribution in [0.15, 0.2) is 48.7 Å². The maximum atomic E-state index is 15.8. The molecule has 4 nitrogen and oxygen atoms in total. The van der Waals surface area contributed by atoms with Crippen molar-refractivity contribution >= 4 is 22.5 Å². The van der Waals surface area contributed by atoms with Gasteiger partial charge in [-0.05, 0) is 30.7 Å². The Labute approximate surface area is 189 Å². The van der Waals surface area contributed by atoms with Crippen molar-refractivity contribution < 1.29 is 22.4 Å². The summed E-state index contributed by atoms with van der Waals surface area (Å²) in [7, 11) is 0. The molecule has 0 bridgehead atoms. The number of amides is 1. The second-order valence-corrected chi connectivity index (χ2v) is 8.48. The van der Waals surface area contributed by atoms with Gasteiger partial charge in [0, 0.05) is 55.7 Å². The van der Waals surface area contributed by atoms with Crippen LogP contribution in [0.3, 0.4) is 0 Å². The number of aromatic nitrogens is 1. The fourth-order valence-electron chi connectivity index (χ4n) is 4.40. The van der Waals surface area contributed by atoms with E-state index in [-0.39, 0.29) is 24.3 Å². The zero-order valence-electron chi connectivity index (χ0n) is 18.4. The molecule has 0 saturated carbocycles. The number of rotatable bonds is 5. The number of nitrogens with one attached hydrogen (secondary N) is 1. The first-order valence-corrected chi connectivity index (χ1v) is 10.9. The van der Waals surface area contributed by atoms with E-state index in [9.17, 15) is 18.0 Å². The lowest BCUT2D eigenvalue weighted by Crippen LogP contribution is -2.42. The van der Waals surface area contributed by atoms with Gasteiger partial charge in [-0.3, -0.25) is 9.78 Å². The van der Waals surface area contributed by atoms with E-state index in [1.165, 1.54) is 19.1 Å². The predicted octanol–water partition coefficient (Wildman–Crippen LogP) is 6.29. The van der Waals surface area contributed by atoms with Crippen molar-refractivity contribution in [2.45, 2.75) is 44.8 Å². The molecule has 1 fully saturated rings. The van der Waals surface area contributed by atoms with E-state index in [0.29, 0.717) is 35.2 Å². The topological polar surface area (TPSA) is 45.2 Å². The highest BCUT2D eigenvalue weighted by molar-refractivity contribution is 5.91. The first kappa shape index (κ1) is 23.0. The van der Waals surface area contributed by atoms with Crippen molar-refractivity contribution in [2.24, 2.45) is 0 Å². The fraction of sp³-hybridized carbons (Fsp3) is 0.360. The van der Waals surface area contributed by atoms with E-state index in [1.807, 2.05) is 0 Å². The molecule has 2 aromatic carbocycles. The quantitative estimate of drug-likeness (QED) is 0.456. The molecule has 1 aromatic heterocycles. The van der Waals surface area contributed by atoms with Crippen LogP contribution in [0.5, 0.6) is 0 Å². The van der Waals surface area contributed by atoms with Crippen LogP contribution in [0.1, 0.15) is 55.8 Å². The number of halogens is 4. The summed E-state index contributed by atoms with van der Waals surface area (Å²) < 4.78 is 56.6. The SMILES string of the molecule is CC(=O)N1CCC(F)(c2ccc3nccc(N[C@H](C)c4cccc(C(F)F)c4F)c3c2)CC1. The highest BCUT2D eigenvalue weighted by Gasteiger charge is 2.37. The summed E-state index contributed by atoms with van der Waals surface area (Å²) in [5.41, 5.74) is -0.376. The van der Waals surface area contributed by atoms with E-state index in [2.05, 4.69) is 10.3 Å². The number of carbonyl (C=O) groups excluding carboxylic acids is 1. The molecular formula is C25H25F4N3O. The molecular weight excluding hydrogens is 434 g/mol. The highest BCUT2D eigenvalue weighted by atomic mass is 19.3. The Morgan fingerprint density at radius 2 is 1.82 bits per heavy atom. The van der Waals surface area contributed by atoms with Gasteiger partial charge in [0.25, 0.3) is 6.43 Å². The molecule has 3 aromatic rings. The van der Waals surface area contributed by atoms with E-state index >= 15 is 4.39 Å². The zero-order chi connectivity index (χ0) is 23.8. The molecule has 33 heavy (non-hydrogen) atoms. The summed E-state index contributed by atoms with van der Waals surface area (Å²) in [5, 5.41) is 3.82. The van der Waals surface area contributed by atoms with Crippen LogP contribution in [0.4, 0.5) is 23.2 Å². The molecule has 0 unspecified atom stereocenters. The van der Waals surface area contributed by atoms with E-state index in [1.54, 1.807) is 42.3 Å². The summed E-state index contributed by atoms with van der Waals surface area (Å²) in [6.45, 7) is 3.85. The summed E-state index contributed by atoms with van der Waals surface area (Å²) in [4.78, 5) is 17.6. The summed E-state index contributed by atoms with van der Waals surface area (Å²) in [6, 6.07) is 10.2. The summed E-state index contributed by atoms with van der Waals surface area (Å²) in [6.07, 6.45) is -0.928. The zero-order valence-corrected chi connectivity index (χ0v) is 18.4. The van der Waals surface area contributed by atoms with Gasteiger partial charge in [-0.2, -0.15) is 0 Å². The van der Waals surface area contributed by atoms with E-state index < -0.39 is 29.5 Å². The molecule has 1 saturated heterocycles. The third kappa shape index (κ3) is 4.51. The van der Waals surface area contributed by atoms with Crippen molar-refractivity contribution in [3.8, 4) is 0 Å². The lowest BCUT2D eigenvalue weighted by atomic mass is 9.85. The first-order chi connectivity index (χ1) is 15.7. The van der Waals surface area contributed by atoms with Gasteiger partial charge < -0.3 is 10.2 Å². The van der Waals surface area contributed by atoms with Crippen LogP contribution >= 0.6 is 0 Å². The normalized spacial score (nSPS) is 16.8. The largest absolute Gasteiger partial charge is 0.378 e. The Morgan fingerprint density at radius 3 is 2.48 bits per heavy atom. The van der Waals surface area contributed by atoms with Gasteiger partial charge in [-0.25, -0.2) is 17.6 Å². The Kier molecular flexibility index (Phi) is 6.28. The van der Waals surface area contributed by atoms with Gasteiger partial charge in [-0.1, -0.05) is 24.3 Å². The average molecular weight is 459 g/mol. The molecule has 1 atom stereocenters. The Hall–Kier alpha value is -3.16. The molecule has 1 N–H and O–H groups in total. The van der Waals surface area contributed by atoms with Gasteiger partial charge in [-0.15, -0.1) is 0 Å². The smallest absolute Gasteiger partial charge is 0.266 e. The van der Waals surface area contributed by atoms with Crippen LogP contribution < -0.4 is 5.32 Å². The number of anilines is 1. The van der Waals surface area contributed by atoms with Crippen LogP contribution in [0, 0.1) is 5.82 Å². The number of hydrogen-bond donors (Lipinski definition) is 1. The van der Waals surface area contributed by atoms with E-state index in [0.717, 1.165) is 6.07 Å². The summed E-state index contributed by atoms with van der Waals surface area (Å²) >= 11 is 0. The van der Waals surface area contributed by atoms with Crippen LogP contribution in [0.25, 0.3) is 10.9 Å². The van der Waals surface area contributed by atoms with Crippen molar-refractivity contribution in [3.63, 3.8) is 0 Å². The second kappa shape index (κ2) is 9.00. The number of piperidine rings is 1. The number of fused-ring (bicyclic) bond motifs is 1. The molecule has 1 aliphatic heterocycles. The Bertz CT molecular complexity index is 1180. The fourth-order valence-corrected chi connectivity index (χ4v) is 4.40. The van der Waals surface area contributed by atoms with Crippen molar-refractivity contribution in [2.75, 3.05) is 18.4 Å². The number of benzene rings is 2. The van der Waals surface area contributed by atoms with Gasteiger partial charge in [0.1, 0.15) is 11.5 Å². The second-order valence-electron chi connectivity index (χ2n) is 8.48. The van der Waals surface area contributed by atoms with Crippen LogP contribution in [-0.4, -0.2) is 28.9 Å². The molecule has 2 heterocycles. The monoisotopic (exact) mass is 459 g/mol. The van der Waals surface area contributed by atoms with Crippen molar-refractivity contribution in [1.82, 2.24) is 9.88 Å². The van der Waals surface area contributed by atoms with Crippen LogP contribution in [0.2, 0.25) is 0 Å². The Balaban J connectivity index is 1.64. The Morgan fingerprint density at radius 1 is 1.12 bits per heavy atom. The molecule has 8 heteroatoms. The maximum Gasteiger partial charge on any atom is 0.266 e. The highest BCUT2D eigenvalue weighted by Crippen LogP contribution is 2.39. The molecule has 0 radical (unpaired) electrons. The average Bonchev–Trinajstić information content (AvgIpc) is 2.79. The molecule has 0 aliphatic carbocycles. The molecule has 4 rings (SSSR count). The molecule has 174 valence electrons. The number of alkyl halides is 3. The number of carbonyl (C=O) groups is 1. The minimum absolute atomic E-state index is 0.0663. The minimum atomic E-state index is -2.91. The number of pyridine rings is 1. The van der Waals surface area contributed by atoms with Gasteiger partial charge in [0.2, 0.25) is 5.91 Å². The molecule has 0 spiro atoms. The maximum absolute atomic E-state index is 15.8. The lowest BCUT2D eigenvalue weighted by Gasteiger charge is -2.36. The standard InChI is InChI=1S/C25H25F4N3O/c1-15(18-4-3-5-19(23(18)26)24(27)28)31-22-8-11-30-21-7-6-17(14-20(21)22)25(29)9-12-32(13-10-25)16(2)33/h3-8,11,14-15,24H,9-10,12-13H2,1-2H3,(H,30,31)/t15-/m1/s1. The number of hydrogen-bond acceptors (Lipinski definition) is 3. The lowest BCUT2D eigenvalue weighted by molar-refractivity contribution is -0.131. The number of nitrogens with zero attached hydrogens (tertiary/aromatic N) is 2.